The normalized spacial score (nSPS) is 11.8. The summed E-state index contributed by atoms with van der Waals surface area (Å²) < 4.78 is 4.84. The Balaban J connectivity index is 1.85. The van der Waals surface area contributed by atoms with Crippen molar-refractivity contribution in [1.82, 2.24) is 10.3 Å². The summed E-state index contributed by atoms with van der Waals surface area (Å²) in [6, 6.07) is 15.3. The number of halogens is 1. The molecule has 0 aliphatic carbocycles. The minimum atomic E-state index is -0.805. The van der Waals surface area contributed by atoms with E-state index in [1.165, 1.54) is 7.11 Å². The molecule has 0 aliphatic heterocycles. The van der Waals surface area contributed by atoms with Crippen LogP contribution in [0.5, 0.6) is 0 Å². The largest absolute Gasteiger partial charge is 0.467 e. The van der Waals surface area contributed by atoms with Crippen LogP contribution in [0.2, 0.25) is 5.02 Å². The standard InChI is InChI=1S/C20H17ClN2O3/c1-26-20(25)18(12-13-6-8-14(21)9-7-13)23-19(24)16-10-11-22-17-5-3-2-4-15(16)17/h2-11,18H,12H2,1H3,(H,23,24)/t18-/m0/s1. The second-order valence-corrected chi connectivity index (χ2v) is 6.19. The van der Waals surface area contributed by atoms with Crippen molar-refractivity contribution in [2.75, 3.05) is 7.11 Å². The second kappa shape index (κ2) is 7.97. The van der Waals surface area contributed by atoms with Crippen LogP contribution in [-0.2, 0) is 16.0 Å². The molecule has 2 aromatic carbocycles. The van der Waals surface area contributed by atoms with Gasteiger partial charge in [0.15, 0.2) is 0 Å². The van der Waals surface area contributed by atoms with Crippen molar-refractivity contribution < 1.29 is 14.3 Å². The number of hydrogen-bond donors (Lipinski definition) is 1. The Hall–Kier alpha value is -2.92. The van der Waals surface area contributed by atoms with Crippen LogP contribution in [0, 0.1) is 0 Å². The Morgan fingerprint density at radius 2 is 1.85 bits per heavy atom. The lowest BCUT2D eigenvalue weighted by Gasteiger charge is -2.17. The fourth-order valence-electron chi connectivity index (χ4n) is 2.72. The van der Waals surface area contributed by atoms with Gasteiger partial charge < -0.3 is 10.1 Å². The molecule has 26 heavy (non-hydrogen) atoms. The van der Waals surface area contributed by atoms with Gasteiger partial charge in [-0.1, -0.05) is 41.9 Å². The van der Waals surface area contributed by atoms with Crippen molar-refractivity contribution in [1.29, 1.82) is 0 Å². The summed E-state index contributed by atoms with van der Waals surface area (Å²) in [5.41, 5.74) is 2.04. The number of pyridine rings is 1. The summed E-state index contributed by atoms with van der Waals surface area (Å²) in [6.07, 6.45) is 1.88. The first kappa shape index (κ1) is 17.9. The number of aromatic nitrogens is 1. The average Bonchev–Trinajstić information content (AvgIpc) is 2.68. The van der Waals surface area contributed by atoms with Crippen LogP contribution in [0.1, 0.15) is 15.9 Å². The molecular weight excluding hydrogens is 352 g/mol. The third-order valence-corrected chi connectivity index (χ3v) is 4.29. The molecule has 1 atom stereocenters. The molecule has 6 heteroatoms. The van der Waals surface area contributed by atoms with Crippen LogP contribution >= 0.6 is 11.6 Å². The number of fused-ring (bicyclic) bond motifs is 1. The number of benzene rings is 2. The van der Waals surface area contributed by atoms with Gasteiger partial charge in [-0.25, -0.2) is 4.79 Å². The van der Waals surface area contributed by atoms with E-state index in [9.17, 15) is 9.59 Å². The van der Waals surface area contributed by atoms with E-state index >= 15 is 0 Å². The molecule has 1 heterocycles. The van der Waals surface area contributed by atoms with E-state index in [-0.39, 0.29) is 5.91 Å². The van der Waals surface area contributed by atoms with E-state index in [0.717, 1.165) is 10.9 Å². The monoisotopic (exact) mass is 368 g/mol. The summed E-state index contributed by atoms with van der Waals surface area (Å²) in [6.45, 7) is 0. The highest BCUT2D eigenvalue weighted by molar-refractivity contribution is 6.30. The van der Waals surface area contributed by atoms with Crippen LogP contribution in [0.25, 0.3) is 10.9 Å². The van der Waals surface area contributed by atoms with Crippen molar-refractivity contribution in [3.05, 3.63) is 76.9 Å². The van der Waals surface area contributed by atoms with Crippen LogP contribution in [0.4, 0.5) is 0 Å². The van der Waals surface area contributed by atoms with Gasteiger partial charge in [0.2, 0.25) is 0 Å². The van der Waals surface area contributed by atoms with Gasteiger partial charge in [-0.05, 0) is 29.8 Å². The second-order valence-electron chi connectivity index (χ2n) is 5.76. The third-order valence-electron chi connectivity index (χ3n) is 4.04. The van der Waals surface area contributed by atoms with Crippen molar-refractivity contribution in [3.63, 3.8) is 0 Å². The van der Waals surface area contributed by atoms with Gasteiger partial charge >= 0.3 is 5.97 Å². The van der Waals surface area contributed by atoms with Crippen molar-refractivity contribution in [3.8, 4) is 0 Å². The maximum absolute atomic E-state index is 12.8. The number of ether oxygens (including phenoxy) is 1. The van der Waals surface area contributed by atoms with Crippen molar-refractivity contribution in [2.45, 2.75) is 12.5 Å². The molecule has 5 nitrogen and oxygen atoms in total. The molecule has 3 aromatic rings. The van der Waals surface area contributed by atoms with Gasteiger partial charge in [-0.3, -0.25) is 9.78 Å². The number of carbonyl (C=O) groups excluding carboxylic acids is 2. The number of para-hydroxylation sites is 1. The maximum atomic E-state index is 12.8. The fourth-order valence-corrected chi connectivity index (χ4v) is 2.85. The molecule has 0 radical (unpaired) electrons. The molecule has 3 rings (SSSR count). The Morgan fingerprint density at radius 3 is 2.58 bits per heavy atom. The molecule has 0 aliphatic rings. The lowest BCUT2D eigenvalue weighted by atomic mass is 10.0. The van der Waals surface area contributed by atoms with Crippen LogP contribution in [-0.4, -0.2) is 30.0 Å². The van der Waals surface area contributed by atoms with Gasteiger partial charge in [-0.15, -0.1) is 0 Å². The van der Waals surface area contributed by atoms with Crippen molar-refractivity contribution >= 4 is 34.4 Å². The number of hydrogen-bond acceptors (Lipinski definition) is 4. The van der Waals surface area contributed by atoms with Gasteiger partial charge in [0.1, 0.15) is 6.04 Å². The Morgan fingerprint density at radius 1 is 1.12 bits per heavy atom. The van der Waals surface area contributed by atoms with Gasteiger partial charge in [0, 0.05) is 23.0 Å². The molecule has 0 unspecified atom stereocenters. The summed E-state index contributed by atoms with van der Waals surface area (Å²) >= 11 is 5.89. The average molecular weight is 369 g/mol. The van der Waals surface area contributed by atoms with E-state index in [1.807, 2.05) is 36.4 Å². The van der Waals surface area contributed by atoms with Crippen LogP contribution in [0.3, 0.4) is 0 Å². The summed E-state index contributed by atoms with van der Waals surface area (Å²) in [5.74, 6) is -0.861. The fraction of sp³-hybridized carbons (Fsp3) is 0.150. The summed E-state index contributed by atoms with van der Waals surface area (Å²) in [5, 5.41) is 4.10. The predicted molar refractivity (Wildman–Crippen MR) is 100 cm³/mol. The van der Waals surface area contributed by atoms with E-state index in [0.29, 0.717) is 22.5 Å². The molecule has 1 aromatic heterocycles. The minimum Gasteiger partial charge on any atom is -0.467 e. The Bertz CT molecular complexity index is 936. The zero-order valence-electron chi connectivity index (χ0n) is 14.1. The van der Waals surface area contributed by atoms with E-state index in [1.54, 1.807) is 24.4 Å². The van der Waals surface area contributed by atoms with Crippen LogP contribution < -0.4 is 5.32 Å². The topological polar surface area (TPSA) is 68.3 Å². The van der Waals surface area contributed by atoms with Crippen molar-refractivity contribution in [2.24, 2.45) is 0 Å². The maximum Gasteiger partial charge on any atom is 0.328 e. The minimum absolute atomic E-state index is 0.304. The SMILES string of the molecule is COC(=O)[C@H](Cc1ccc(Cl)cc1)NC(=O)c1ccnc2ccccc12. The first-order valence-electron chi connectivity index (χ1n) is 8.05. The van der Waals surface area contributed by atoms with Gasteiger partial charge in [0.05, 0.1) is 18.2 Å². The first-order chi connectivity index (χ1) is 12.6. The number of nitrogens with zero attached hydrogens (tertiary/aromatic N) is 1. The first-order valence-corrected chi connectivity index (χ1v) is 8.43. The lowest BCUT2D eigenvalue weighted by molar-refractivity contribution is -0.142. The molecule has 0 saturated heterocycles. The molecular formula is C20H17ClN2O3. The molecule has 0 spiro atoms. The molecule has 132 valence electrons. The number of carbonyl (C=O) groups is 2. The van der Waals surface area contributed by atoms with Crippen LogP contribution in [0.15, 0.2) is 60.8 Å². The molecule has 0 saturated carbocycles. The predicted octanol–water partition coefficient (Wildman–Crippen LogP) is 3.40. The smallest absolute Gasteiger partial charge is 0.328 e. The molecule has 1 N–H and O–H groups in total. The number of methoxy groups -OCH3 is 1. The lowest BCUT2D eigenvalue weighted by Crippen LogP contribution is -2.43. The Labute approximate surface area is 156 Å². The van der Waals surface area contributed by atoms with Gasteiger partial charge in [-0.2, -0.15) is 0 Å². The van der Waals surface area contributed by atoms with E-state index in [2.05, 4.69) is 10.3 Å². The zero-order valence-corrected chi connectivity index (χ0v) is 14.9. The number of amides is 1. The highest BCUT2D eigenvalue weighted by Crippen LogP contribution is 2.17. The summed E-state index contributed by atoms with van der Waals surface area (Å²) in [7, 11) is 1.30. The highest BCUT2D eigenvalue weighted by atomic mass is 35.5. The highest BCUT2D eigenvalue weighted by Gasteiger charge is 2.23. The van der Waals surface area contributed by atoms with E-state index < -0.39 is 12.0 Å². The number of rotatable bonds is 5. The molecule has 0 fully saturated rings. The Kier molecular flexibility index (Phi) is 5.49. The zero-order chi connectivity index (χ0) is 18.5. The number of nitrogens with one attached hydrogen (secondary N) is 1. The van der Waals surface area contributed by atoms with Gasteiger partial charge in [0.25, 0.3) is 5.91 Å². The quantitative estimate of drug-likeness (QED) is 0.701. The molecule has 0 bridgehead atoms. The third kappa shape index (κ3) is 4.00. The number of esters is 1. The summed E-state index contributed by atoms with van der Waals surface area (Å²) in [4.78, 5) is 29.2. The van der Waals surface area contributed by atoms with E-state index in [4.69, 9.17) is 16.3 Å². The molecule has 1 amide bonds.